The van der Waals surface area contributed by atoms with Crippen LogP contribution in [0.25, 0.3) is 11.0 Å². The largest absolute Gasteiger partial charge is 0.480 e. The molecule has 1 aromatic carbocycles. The zero-order valence-electron chi connectivity index (χ0n) is 7.49. The van der Waals surface area contributed by atoms with Gasteiger partial charge in [-0.05, 0) is 28.1 Å². The number of hydrogen-bond donors (Lipinski definition) is 1. The summed E-state index contributed by atoms with van der Waals surface area (Å²) in [6.45, 7) is 0. The molecule has 14 heavy (non-hydrogen) atoms. The third-order valence-corrected chi connectivity index (χ3v) is 2.70. The molecule has 0 amide bonds. The van der Waals surface area contributed by atoms with Crippen LogP contribution in [0.15, 0.2) is 22.8 Å². The van der Waals surface area contributed by atoms with E-state index < -0.39 is 0 Å². The molecule has 0 atom stereocenters. The number of nitrogens with zero attached hydrogens (tertiary/aromatic N) is 2. The molecule has 0 fully saturated rings. The lowest BCUT2D eigenvalue weighted by Gasteiger charge is -2.03. The number of hydrogen-bond acceptors (Lipinski definition) is 4. The van der Waals surface area contributed by atoms with Crippen LogP contribution in [0.5, 0.6) is 5.88 Å². The van der Waals surface area contributed by atoms with Crippen molar-refractivity contribution in [2.45, 2.75) is 0 Å². The third kappa shape index (κ3) is 1.39. The first-order valence-electron chi connectivity index (χ1n) is 3.97. The summed E-state index contributed by atoms with van der Waals surface area (Å²) in [4.78, 5) is 8.42. The van der Waals surface area contributed by atoms with Gasteiger partial charge in [-0.1, -0.05) is 0 Å². The maximum atomic E-state index is 5.71. The van der Waals surface area contributed by atoms with Gasteiger partial charge in [-0.2, -0.15) is 0 Å². The second-order valence-corrected chi connectivity index (χ2v) is 3.54. The molecule has 0 aliphatic carbocycles. The smallest absolute Gasteiger partial charge is 0.232 e. The second-order valence-electron chi connectivity index (χ2n) is 2.75. The third-order valence-electron chi connectivity index (χ3n) is 1.87. The van der Waals surface area contributed by atoms with Gasteiger partial charge in [0.15, 0.2) is 0 Å². The Morgan fingerprint density at radius 1 is 1.43 bits per heavy atom. The van der Waals surface area contributed by atoms with E-state index >= 15 is 0 Å². The number of ether oxygens (including phenoxy) is 1. The molecular weight excluding hydrogens is 246 g/mol. The number of benzene rings is 1. The summed E-state index contributed by atoms with van der Waals surface area (Å²) in [7, 11) is 1.56. The van der Waals surface area contributed by atoms with E-state index in [0.29, 0.717) is 11.6 Å². The Kier molecular flexibility index (Phi) is 2.25. The molecule has 2 rings (SSSR count). The molecule has 0 spiro atoms. The summed E-state index contributed by atoms with van der Waals surface area (Å²) in [5.41, 5.74) is 7.86. The van der Waals surface area contributed by atoms with Crippen LogP contribution in [0.4, 0.5) is 5.69 Å². The number of nitrogens with two attached hydrogens (primary N) is 1. The van der Waals surface area contributed by atoms with Gasteiger partial charge in [0.05, 0.1) is 23.3 Å². The van der Waals surface area contributed by atoms with E-state index in [0.717, 1.165) is 15.5 Å². The number of aromatic nitrogens is 2. The van der Waals surface area contributed by atoms with Gasteiger partial charge in [-0.15, -0.1) is 0 Å². The van der Waals surface area contributed by atoms with Crippen molar-refractivity contribution < 1.29 is 4.74 Å². The van der Waals surface area contributed by atoms with Crippen molar-refractivity contribution in [1.82, 2.24) is 9.97 Å². The van der Waals surface area contributed by atoms with Gasteiger partial charge in [0.1, 0.15) is 5.52 Å². The predicted molar refractivity (Wildman–Crippen MR) is 58.2 cm³/mol. The Balaban J connectivity index is 2.74. The van der Waals surface area contributed by atoms with E-state index in [1.54, 1.807) is 19.4 Å². The minimum absolute atomic E-state index is 0.495. The minimum Gasteiger partial charge on any atom is -0.480 e. The van der Waals surface area contributed by atoms with Crippen LogP contribution in [-0.2, 0) is 0 Å². The van der Waals surface area contributed by atoms with Gasteiger partial charge in [0, 0.05) is 5.69 Å². The summed E-state index contributed by atoms with van der Waals surface area (Å²) in [5.74, 6) is 0.495. The van der Waals surface area contributed by atoms with E-state index in [1.807, 2.05) is 6.07 Å². The van der Waals surface area contributed by atoms with Crippen LogP contribution in [0, 0.1) is 0 Å². The van der Waals surface area contributed by atoms with Gasteiger partial charge >= 0.3 is 0 Å². The number of halogens is 1. The molecule has 0 saturated heterocycles. The van der Waals surface area contributed by atoms with Crippen LogP contribution < -0.4 is 10.5 Å². The highest BCUT2D eigenvalue weighted by Gasteiger charge is 2.05. The van der Waals surface area contributed by atoms with Crippen LogP contribution in [0.3, 0.4) is 0 Å². The standard InChI is InChI=1S/C9H8BrN3O/c1-14-7-4-12-9-6(13-7)3-2-5(11)8(9)10/h2-4H,11H2,1H3. The molecule has 4 nitrogen and oxygen atoms in total. The first kappa shape index (κ1) is 9.21. The molecular formula is C9H8BrN3O. The van der Waals surface area contributed by atoms with E-state index in [-0.39, 0.29) is 0 Å². The lowest BCUT2D eigenvalue weighted by atomic mass is 10.3. The molecule has 1 heterocycles. The fourth-order valence-electron chi connectivity index (χ4n) is 1.15. The second kappa shape index (κ2) is 3.42. The lowest BCUT2D eigenvalue weighted by molar-refractivity contribution is 0.397. The highest BCUT2D eigenvalue weighted by molar-refractivity contribution is 9.10. The average Bonchev–Trinajstić information content (AvgIpc) is 2.23. The molecule has 1 aromatic heterocycles. The monoisotopic (exact) mass is 253 g/mol. The number of rotatable bonds is 1. The zero-order chi connectivity index (χ0) is 10.1. The van der Waals surface area contributed by atoms with Crippen molar-refractivity contribution in [3.05, 3.63) is 22.8 Å². The van der Waals surface area contributed by atoms with Crippen LogP contribution >= 0.6 is 15.9 Å². The molecule has 0 aliphatic heterocycles. The molecule has 2 N–H and O–H groups in total. The minimum atomic E-state index is 0.495. The van der Waals surface area contributed by atoms with Crippen LogP contribution in [0.2, 0.25) is 0 Å². The molecule has 5 heteroatoms. The highest BCUT2D eigenvalue weighted by atomic mass is 79.9. The van der Waals surface area contributed by atoms with E-state index in [2.05, 4.69) is 25.9 Å². The van der Waals surface area contributed by atoms with Gasteiger partial charge < -0.3 is 10.5 Å². The fourth-order valence-corrected chi connectivity index (χ4v) is 1.59. The summed E-state index contributed by atoms with van der Waals surface area (Å²) < 4.78 is 5.74. The van der Waals surface area contributed by atoms with Gasteiger partial charge in [0.25, 0.3) is 0 Å². The summed E-state index contributed by atoms with van der Waals surface area (Å²) in [6, 6.07) is 3.59. The van der Waals surface area contributed by atoms with Crippen molar-refractivity contribution in [2.75, 3.05) is 12.8 Å². The summed E-state index contributed by atoms with van der Waals surface area (Å²) in [6.07, 6.45) is 1.56. The average molecular weight is 254 g/mol. The maximum Gasteiger partial charge on any atom is 0.232 e. The Morgan fingerprint density at radius 3 is 2.93 bits per heavy atom. The molecule has 0 saturated carbocycles. The first-order valence-corrected chi connectivity index (χ1v) is 4.76. The quantitative estimate of drug-likeness (QED) is 0.790. The first-order chi connectivity index (χ1) is 6.72. The highest BCUT2D eigenvalue weighted by Crippen LogP contribution is 2.27. The van der Waals surface area contributed by atoms with E-state index in [4.69, 9.17) is 10.5 Å². The molecule has 0 aliphatic rings. The van der Waals surface area contributed by atoms with Crippen molar-refractivity contribution >= 4 is 32.7 Å². The van der Waals surface area contributed by atoms with Crippen molar-refractivity contribution in [2.24, 2.45) is 0 Å². The predicted octanol–water partition coefficient (Wildman–Crippen LogP) is 1.98. The Bertz CT molecular complexity index is 487. The van der Waals surface area contributed by atoms with E-state index in [9.17, 15) is 0 Å². The summed E-state index contributed by atoms with van der Waals surface area (Å²) >= 11 is 3.36. The normalized spacial score (nSPS) is 10.4. The van der Waals surface area contributed by atoms with Crippen molar-refractivity contribution in [3.8, 4) is 5.88 Å². The maximum absolute atomic E-state index is 5.71. The van der Waals surface area contributed by atoms with Gasteiger partial charge in [-0.3, -0.25) is 0 Å². The van der Waals surface area contributed by atoms with Crippen molar-refractivity contribution in [3.63, 3.8) is 0 Å². The molecule has 0 unspecified atom stereocenters. The van der Waals surface area contributed by atoms with Gasteiger partial charge in [-0.25, -0.2) is 9.97 Å². The lowest BCUT2D eigenvalue weighted by Crippen LogP contribution is -1.93. The molecule has 0 radical (unpaired) electrons. The zero-order valence-corrected chi connectivity index (χ0v) is 9.08. The molecule has 2 aromatic rings. The number of anilines is 1. The topological polar surface area (TPSA) is 61.0 Å². The number of fused-ring (bicyclic) bond motifs is 1. The summed E-state index contributed by atoms with van der Waals surface area (Å²) in [5, 5.41) is 0. The van der Waals surface area contributed by atoms with E-state index in [1.165, 1.54) is 0 Å². The van der Waals surface area contributed by atoms with Crippen LogP contribution in [0.1, 0.15) is 0 Å². The number of nitrogen functional groups attached to an aromatic ring is 1. The fraction of sp³-hybridized carbons (Fsp3) is 0.111. The SMILES string of the molecule is COc1cnc2c(Br)c(N)ccc2n1. The number of methoxy groups -OCH3 is 1. The Morgan fingerprint density at radius 2 is 2.21 bits per heavy atom. The molecule has 72 valence electrons. The Hall–Kier alpha value is -1.36. The Labute approximate surface area is 89.2 Å². The van der Waals surface area contributed by atoms with Gasteiger partial charge in [0.2, 0.25) is 5.88 Å². The molecule has 0 bridgehead atoms. The van der Waals surface area contributed by atoms with Crippen molar-refractivity contribution in [1.29, 1.82) is 0 Å². The van der Waals surface area contributed by atoms with Crippen LogP contribution in [-0.4, -0.2) is 17.1 Å².